The zero-order chi connectivity index (χ0) is 12.1. The zero-order valence-corrected chi connectivity index (χ0v) is 8.71. The Hall–Kier alpha value is -2.11. The molecule has 0 radical (unpaired) electrons. The third-order valence-corrected chi connectivity index (χ3v) is 1.76. The maximum absolute atomic E-state index is 12.9. The van der Waals surface area contributed by atoms with E-state index in [1.807, 2.05) is 5.32 Å². The van der Waals surface area contributed by atoms with Crippen LogP contribution in [0.3, 0.4) is 0 Å². The van der Waals surface area contributed by atoms with Gasteiger partial charge in [0.1, 0.15) is 5.82 Å². The Bertz CT molecular complexity index is 400. The molecule has 1 aromatic rings. The lowest BCUT2D eigenvalue weighted by molar-refractivity contribution is -0.118. The van der Waals surface area contributed by atoms with Crippen molar-refractivity contribution in [2.75, 3.05) is 11.9 Å². The third kappa shape index (κ3) is 3.95. The van der Waals surface area contributed by atoms with Gasteiger partial charge in [0.15, 0.2) is 0 Å². The van der Waals surface area contributed by atoms with Gasteiger partial charge in [-0.3, -0.25) is 10.1 Å². The molecule has 0 unspecified atom stereocenters. The van der Waals surface area contributed by atoms with E-state index in [1.165, 1.54) is 12.1 Å². The number of rotatable bonds is 3. The summed E-state index contributed by atoms with van der Waals surface area (Å²) in [5.41, 5.74) is 5.96. The summed E-state index contributed by atoms with van der Waals surface area (Å²) in [6, 6.07) is 3.39. The molecule has 0 aromatic heterocycles. The van der Waals surface area contributed by atoms with Gasteiger partial charge in [-0.25, -0.2) is 9.18 Å². The van der Waals surface area contributed by atoms with Crippen LogP contribution in [-0.2, 0) is 4.79 Å². The van der Waals surface area contributed by atoms with Gasteiger partial charge >= 0.3 is 6.03 Å². The Morgan fingerprint density at radius 2 is 2.06 bits per heavy atom. The first kappa shape index (κ1) is 12.0. The molecule has 0 bridgehead atoms. The normalized spacial score (nSPS) is 9.62. The van der Waals surface area contributed by atoms with Crippen LogP contribution in [-0.4, -0.2) is 18.5 Å². The summed E-state index contributed by atoms with van der Waals surface area (Å²) in [5.74, 6) is -0.966. The average Bonchev–Trinajstić information content (AvgIpc) is 2.12. The van der Waals surface area contributed by atoms with Crippen LogP contribution in [0.5, 0.6) is 0 Å². The van der Waals surface area contributed by atoms with Gasteiger partial charge in [-0.1, -0.05) is 0 Å². The molecule has 0 aliphatic rings. The number of urea groups is 1. The van der Waals surface area contributed by atoms with Gasteiger partial charge in [0.05, 0.1) is 6.54 Å². The lowest BCUT2D eigenvalue weighted by Gasteiger charge is -2.06. The second-order valence-corrected chi connectivity index (χ2v) is 3.28. The van der Waals surface area contributed by atoms with Crippen LogP contribution in [0.15, 0.2) is 18.2 Å². The van der Waals surface area contributed by atoms with Crippen molar-refractivity contribution in [1.82, 2.24) is 5.32 Å². The van der Waals surface area contributed by atoms with Crippen molar-refractivity contribution in [3.8, 4) is 0 Å². The number of anilines is 1. The number of aryl methyl sites for hydroxylation is 1. The van der Waals surface area contributed by atoms with Crippen molar-refractivity contribution in [3.63, 3.8) is 0 Å². The van der Waals surface area contributed by atoms with Crippen molar-refractivity contribution in [2.45, 2.75) is 6.92 Å². The van der Waals surface area contributed by atoms with E-state index >= 15 is 0 Å². The third-order valence-electron chi connectivity index (χ3n) is 1.76. The standard InChI is InChI=1S/C10H12FN3O2/c1-6-2-7(11)4-8(3-6)13-5-9(15)14-10(12)16/h2-4,13H,5H2,1H3,(H3,12,14,15,16). The molecule has 0 aliphatic carbocycles. The number of hydrogen-bond donors (Lipinski definition) is 3. The van der Waals surface area contributed by atoms with Gasteiger partial charge in [-0.2, -0.15) is 0 Å². The predicted octanol–water partition coefficient (Wildman–Crippen LogP) is 0.741. The fraction of sp³-hybridized carbons (Fsp3) is 0.200. The lowest BCUT2D eigenvalue weighted by Crippen LogP contribution is -2.38. The molecule has 1 aromatic carbocycles. The maximum atomic E-state index is 12.9. The Morgan fingerprint density at radius 3 is 2.62 bits per heavy atom. The average molecular weight is 225 g/mol. The van der Waals surface area contributed by atoms with Crippen molar-refractivity contribution in [1.29, 1.82) is 0 Å². The molecule has 3 amide bonds. The van der Waals surface area contributed by atoms with Gasteiger partial charge in [-0.05, 0) is 30.7 Å². The predicted molar refractivity (Wildman–Crippen MR) is 57.4 cm³/mol. The van der Waals surface area contributed by atoms with E-state index in [2.05, 4.69) is 5.32 Å². The number of carbonyl (C=O) groups is 2. The number of amides is 3. The highest BCUT2D eigenvalue weighted by atomic mass is 19.1. The minimum Gasteiger partial charge on any atom is -0.376 e. The molecule has 5 nitrogen and oxygen atoms in total. The first-order valence-corrected chi connectivity index (χ1v) is 4.58. The molecule has 4 N–H and O–H groups in total. The smallest absolute Gasteiger partial charge is 0.318 e. The molecule has 0 aliphatic heterocycles. The number of carbonyl (C=O) groups excluding carboxylic acids is 2. The van der Waals surface area contributed by atoms with E-state index in [0.717, 1.165) is 5.56 Å². The van der Waals surface area contributed by atoms with Gasteiger partial charge in [0.2, 0.25) is 5.91 Å². The second kappa shape index (κ2) is 5.11. The summed E-state index contributed by atoms with van der Waals surface area (Å²) >= 11 is 0. The fourth-order valence-corrected chi connectivity index (χ4v) is 1.20. The first-order chi connectivity index (χ1) is 7.47. The zero-order valence-electron chi connectivity index (χ0n) is 8.71. The lowest BCUT2D eigenvalue weighted by atomic mass is 10.2. The van der Waals surface area contributed by atoms with Crippen LogP contribution < -0.4 is 16.4 Å². The van der Waals surface area contributed by atoms with Crippen molar-refractivity contribution >= 4 is 17.6 Å². The summed E-state index contributed by atoms with van der Waals surface area (Å²) in [7, 11) is 0. The molecule has 0 spiro atoms. The summed E-state index contributed by atoms with van der Waals surface area (Å²) < 4.78 is 12.9. The largest absolute Gasteiger partial charge is 0.376 e. The Kier molecular flexibility index (Phi) is 3.82. The molecule has 16 heavy (non-hydrogen) atoms. The number of nitrogens with two attached hydrogens (primary N) is 1. The van der Waals surface area contributed by atoms with Gasteiger partial charge in [0.25, 0.3) is 0 Å². The second-order valence-electron chi connectivity index (χ2n) is 3.28. The van der Waals surface area contributed by atoms with Crippen LogP contribution in [0.2, 0.25) is 0 Å². The van der Waals surface area contributed by atoms with E-state index in [9.17, 15) is 14.0 Å². The molecule has 0 saturated carbocycles. The van der Waals surface area contributed by atoms with E-state index in [0.29, 0.717) is 5.69 Å². The number of hydrogen-bond acceptors (Lipinski definition) is 3. The van der Waals surface area contributed by atoms with E-state index in [1.54, 1.807) is 13.0 Å². The quantitative estimate of drug-likeness (QED) is 0.709. The van der Waals surface area contributed by atoms with Crippen LogP contribution >= 0.6 is 0 Å². The molecule has 86 valence electrons. The van der Waals surface area contributed by atoms with Crippen LogP contribution in [0.4, 0.5) is 14.9 Å². The first-order valence-electron chi connectivity index (χ1n) is 4.58. The summed E-state index contributed by atoms with van der Waals surface area (Å²) in [6.07, 6.45) is 0. The van der Waals surface area contributed by atoms with Crippen LogP contribution in [0.1, 0.15) is 5.56 Å². The maximum Gasteiger partial charge on any atom is 0.318 e. The summed E-state index contributed by atoms with van der Waals surface area (Å²) in [6.45, 7) is 1.59. The van der Waals surface area contributed by atoms with Crippen molar-refractivity contribution in [2.24, 2.45) is 5.73 Å². The number of primary amides is 1. The van der Waals surface area contributed by atoms with Crippen molar-refractivity contribution < 1.29 is 14.0 Å². The molecule has 0 fully saturated rings. The van der Waals surface area contributed by atoms with E-state index < -0.39 is 17.8 Å². The monoisotopic (exact) mass is 225 g/mol. The van der Waals surface area contributed by atoms with Crippen molar-refractivity contribution in [3.05, 3.63) is 29.6 Å². The summed E-state index contributed by atoms with van der Waals surface area (Å²) in [5, 5.41) is 4.56. The molecule has 0 atom stereocenters. The van der Waals surface area contributed by atoms with Gasteiger partial charge in [-0.15, -0.1) is 0 Å². The molecular weight excluding hydrogens is 213 g/mol. The number of halogens is 1. The Morgan fingerprint density at radius 1 is 1.38 bits per heavy atom. The van der Waals surface area contributed by atoms with E-state index in [4.69, 9.17) is 5.73 Å². The highest BCUT2D eigenvalue weighted by molar-refractivity contribution is 5.95. The molecular formula is C10H12FN3O2. The molecule has 0 heterocycles. The van der Waals surface area contributed by atoms with Gasteiger partial charge in [0, 0.05) is 5.69 Å². The minimum absolute atomic E-state index is 0.147. The molecule has 6 heteroatoms. The van der Waals surface area contributed by atoms with E-state index in [-0.39, 0.29) is 6.54 Å². The molecule has 0 saturated heterocycles. The topological polar surface area (TPSA) is 84.2 Å². The SMILES string of the molecule is Cc1cc(F)cc(NCC(=O)NC(N)=O)c1. The highest BCUT2D eigenvalue weighted by Crippen LogP contribution is 2.12. The minimum atomic E-state index is -0.915. The van der Waals surface area contributed by atoms with Crippen LogP contribution in [0, 0.1) is 12.7 Å². The summed E-state index contributed by atoms with van der Waals surface area (Å²) in [4.78, 5) is 21.4. The number of benzene rings is 1. The van der Waals surface area contributed by atoms with Crippen LogP contribution in [0.25, 0.3) is 0 Å². The number of nitrogens with one attached hydrogen (secondary N) is 2. The fourth-order valence-electron chi connectivity index (χ4n) is 1.20. The highest BCUT2D eigenvalue weighted by Gasteiger charge is 2.04. The van der Waals surface area contributed by atoms with Gasteiger partial charge < -0.3 is 11.1 Å². The molecule has 1 rings (SSSR count). The number of imide groups is 1. The Balaban J connectivity index is 2.54. The Labute approximate surface area is 91.8 Å².